The molecule has 0 amide bonds. The van der Waals surface area contributed by atoms with Crippen molar-refractivity contribution in [2.24, 2.45) is 20.5 Å². The van der Waals surface area contributed by atoms with E-state index < -0.39 is 111 Å². The highest BCUT2D eigenvalue weighted by molar-refractivity contribution is 7.86. The minimum absolute atomic E-state index is 0.0990. The highest BCUT2D eigenvalue weighted by Gasteiger charge is 2.30. The smallest absolute Gasteiger partial charge is 0.320 e. The molecule has 336 valence electrons. The summed E-state index contributed by atoms with van der Waals surface area (Å²) in [7, 11) is -20.8. The first kappa shape index (κ1) is 45.0. The van der Waals surface area contributed by atoms with Gasteiger partial charge in [-0.05, 0) is 70.8 Å². The van der Waals surface area contributed by atoms with Crippen LogP contribution in [0.3, 0.4) is 0 Å². The Hall–Kier alpha value is -7.63. The van der Waals surface area contributed by atoms with Crippen LogP contribution >= 0.6 is 0 Å². The molecular weight excluding hydrogens is 947 g/mol. The van der Waals surface area contributed by atoms with Crippen molar-refractivity contribution in [3.8, 4) is 11.8 Å². The first-order chi connectivity index (χ1) is 31.0. The number of aromatic hydroxyl groups is 2. The summed E-state index contributed by atoms with van der Waals surface area (Å²) < 4.78 is 141. The van der Waals surface area contributed by atoms with Gasteiger partial charge in [0.25, 0.3) is 40.5 Å². The second-order valence-corrected chi connectivity index (χ2v) is 19.4. The van der Waals surface area contributed by atoms with Crippen LogP contribution in [-0.2, 0) is 40.5 Å². The third kappa shape index (κ3) is 9.29. The Balaban J connectivity index is 1.43. The van der Waals surface area contributed by atoms with Gasteiger partial charge < -0.3 is 20.8 Å². The molecule has 0 aliphatic carbocycles. The number of fused-ring (bicyclic) bond motifs is 3. The van der Waals surface area contributed by atoms with Gasteiger partial charge >= 0.3 is 6.01 Å². The highest BCUT2D eigenvalue weighted by atomic mass is 32.2. The van der Waals surface area contributed by atoms with Gasteiger partial charge in [-0.15, -0.1) is 20.5 Å². The van der Waals surface area contributed by atoms with E-state index in [1.807, 2.05) is 0 Å². The molecule has 0 spiro atoms. The number of para-hydroxylation sites is 1. The Morgan fingerprint density at radius 3 is 1.68 bits per heavy atom. The molecule has 0 fully saturated rings. The van der Waals surface area contributed by atoms with Crippen LogP contribution < -0.4 is 10.6 Å². The summed E-state index contributed by atoms with van der Waals surface area (Å²) >= 11 is 0. The zero-order chi connectivity index (χ0) is 47.3. The second-order valence-electron chi connectivity index (χ2n) is 13.8. The van der Waals surface area contributed by atoms with E-state index >= 15 is 0 Å². The van der Waals surface area contributed by atoms with Gasteiger partial charge in [-0.1, -0.05) is 60.7 Å². The molecule has 0 atom stereocenters. The Kier molecular flexibility index (Phi) is 11.4. The van der Waals surface area contributed by atoms with Gasteiger partial charge in [-0.25, -0.2) is 0 Å². The maximum Gasteiger partial charge on any atom is 0.320 e. The van der Waals surface area contributed by atoms with Crippen LogP contribution in [0.15, 0.2) is 155 Å². The molecule has 0 aliphatic rings. The van der Waals surface area contributed by atoms with Crippen LogP contribution in [0.25, 0.3) is 32.3 Å². The Labute approximate surface area is 371 Å². The third-order valence-corrected chi connectivity index (χ3v) is 12.9. The number of hydrogen-bond acceptors (Lipinski definition) is 19. The molecule has 8 rings (SSSR count). The number of nitrogens with one attached hydrogen (secondary N) is 2. The van der Waals surface area contributed by atoms with Crippen molar-refractivity contribution in [2.45, 2.75) is 19.6 Å². The summed E-state index contributed by atoms with van der Waals surface area (Å²) in [5.41, 5.74) is -2.39. The number of benzene rings is 7. The van der Waals surface area contributed by atoms with Crippen LogP contribution in [0.2, 0.25) is 0 Å². The summed E-state index contributed by atoms with van der Waals surface area (Å²) in [6.07, 6.45) is 0. The van der Waals surface area contributed by atoms with Crippen LogP contribution in [0.5, 0.6) is 11.8 Å². The molecule has 0 aliphatic heterocycles. The monoisotopic (exact) mass is 973 g/mol. The van der Waals surface area contributed by atoms with Crippen LogP contribution in [-0.4, -0.2) is 77.0 Å². The quantitative estimate of drug-likeness (QED) is 0.0424. The summed E-state index contributed by atoms with van der Waals surface area (Å²) in [6.45, 7) is 0. The fourth-order valence-electron chi connectivity index (χ4n) is 6.63. The van der Waals surface area contributed by atoms with E-state index in [-0.39, 0.29) is 22.4 Å². The van der Waals surface area contributed by atoms with E-state index in [0.717, 1.165) is 30.3 Å². The molecule has 27 heteroatoms. The maximum atomic E-state index is 13.2. The van der Waals surface area contributed by atoms with E-state index in [2.05, 4.69) is 46.0 Å². The number of nitrogens with zero attached hydrogens (tertiary/aromatic N) is 7. The van der Waals surface area contributed by atoms with Crippen molar-refractivity contribution in [3.05, 3.63) is 115 Å². The lowest BCUT2D eigenvalue weighted by atomic mass is 10.0. The van der Waals surface area contributed by atoms with E-state index in [1.54, 1.807) is 66.7 Å². The maximum absolute atomic E-state index is 13.2. The largest absolute Gasteiger partial charge is 0.505 e. The van der Waals surface area contributed by atoms with Crippen molar-refractivity contribution < 1.29 is 62.1 Å². The summed E-state index contributed by atoms with van der Waals surface area (Å²) in [5, 5.41) is 44.1. The molecule has 7 aromatic carbocycles. The van der Waals surface area contributed by atoms with Crippen molar-refractivity contribution >= 4 is 119 Å². The number of hydrogen-bond donors (Lipinski definition) is 8. The van der Waals surface area contributed by atoms with Crippen molar-refractivity contribution in [1.82, 2.24) is 15.0 Å². The average Bonchev–Trinajstić information content (AvgIpc) is 3.23. The number of rotatable bonds is 12. The normalized spacial score (nSPS) is 12.7. The van der Waals surface area contributed by atoms with Crippen LogP contribution in [0, 0.1) is 0 Å². The summed E-state index contributed by atoms with van der Waals surface area (Å²) in [4.78, 5) is 8.05. The van der Waals surface area contributed by atoms with Crippen LogP contribution in [0.4, 0.5) is 46.0 Å². The lowest BCUT2D eigenvalue weighted by molar-refractivity contribution is 0.430. The minimum atomic E-state index is -5.48. The topological polar surface area (TPSA) is 370 Å². The van der Waals surface area contributed by atoms with Gasteiger partial charge in [-0.2, -0.15) is 48.6 Å². The standard InChI is InChI=1S/C39H27N9O14S4/c49-36-32-22(18-31(66(60,61)62)34(36)48-46-29-19-25(64(54,55)56)16-21-15-24(63(51,52)53)13-14-27(21)29)17-30(65(57,58)59)33(47-45-28-12-6-8-20-7-4-5-11-26(20)28)35(32)41-38-42-37(43-39(50)44-38)40-23-9-2-1-3-10-23/h1-19,49H,(H,51,52,53)(H,54,55,56)(H,57,58,59)(H,60,61,62)(H3,40,41,42,43,44,50). The van der Waals surface area contributed by atoms with E-state index in [9.17, 15) is 62.1 Å². The first-order valence-electron chi connectivity index (χ1n) is 18.2. The predicted octanol–water partition coefficient (Wildman–Crippen LogP) is 8.05. The van der Waals surface area contributed by atoms with Gasteiger partial charge in [0, 0.05) is 16.5 Å². The van der Waals surface area contributed by atoms with Gasteiger partial charge in [0.2, 0.25) is 11.9 Å². The van der Waals surface area contributed by atoms with Crippen molar-refractivity contribution in [1.29, 1.82) is 0 Å². The molecule has 8 N–H and O–H groups in total. The van der Waals surface area contributed by atoms with Gasteiger partial charge in [0.15, 0.2) is 5.75 Å². The number of aromatic nitrogens is 3. The van der Waals surface area contributed by atoms with Crippen molar-refractivity contribution in [3.63, 3.8) is 0 Å². The number of azo groups is 2. The molecule has 0 bridgehead atoms. The van der Waals surface area contributed by atoms with Crippen LogP contribution in [0.1, 0.15) is 0 Å². The summed E-state index contributed by atoms with van der Waals surface area (Å²) in [6, 6.07) is 24.9. The van der Waals surface area contributed by atoms with Gasteiger partial charge in [0.1, 0.15) is 21.2 Å². The number of anilines is 4. The van der Waals surface area contributed by atoms with Crippen molar-refractivity contribution in [2.75, 3.05) is 10.6 Å². The predicted molar refractivity (Wildman–Crippen MR) is 236 cm³/mol. The molecular formula is C39H27N9O14S4. The number of phenols is 1. The highest BCUT2D eigenvalue weighted by Crippen LogP contribution is 2.50. The average molecular weight is 974 g/mol. The summed E-state index contributed by atoms with van der Waals surface area (Å²) in [5.74, 6) is -2.06. The molecule has 23 nitrogen and oxygen atoms in total. The minimum Gasteiger partial charge on any atom is -0.505 e. The Bertz CT molecular complexity index is 3850. The molecule has 0 saturated carbocycles. The molecule has 0 radical (unpaired) electrons. The molecule has 1 heterocycles. The second kappa shape index (κ2) is 16.7. The molecule has 0 unspecified atom stereocenters. The lowest BCUT2D eigenvalue weighted by Crippen LogP contribution is -2.07. The van der Waals surface area contributed by atoms with E-state index in [0.29, 0.717) is 28.6 Å². The molecule has 0 saturated heterocycles. The van der Waals surface area contributed by atoms with E-state index in [4.69, 9.17) is 0 Å². The molecule has 1 aromatic heterocycles. The fourth-order valence-corrected chi connectivity index (χ4v) is 9.00. The zero-order valence-corrected chi connectivity index (χ0v) is 35.9. The SMILES string of the molecule is O=S(=O)(O)c1ccc2c(N=Nc3c(S(=O)(=O)O)cc4cc(S(=O)(=O)O)c(N=Nc5cccc6ccccc56)c(Nc5nc(O)nc(Nc6ccccc6)n5)c4c3O)cc(S(=O)(=O)O)cc2c1. The zero-order valence-electron chi connectivity index (χ0n) is 32.7. The fraction of sp³-hybridized carbons (Fsp3) is 0. The Morgan fingerprint density at radius 1 is 0.455 bits per heavy atom. The molecule has 8 aromatic rings. The Morgan fingerprint density at radius 2 is 1.02 bits per heavy atom. The molecule has 66 heavy (non-hydrogen) atoms. The first-order valence-corrected chi connectivity index (χ1v) is 24.0. The number of phenolic OH excluding ortho intramolecular Hbond substituents is 1. The van der Waals surface area contributed by atoms with Gasteiger partial charge in [0.05, 0.1) is 32.2 Å². The van der Waals surface area contributed by atoms with E-state index in [1.165, 1.54) is 6.07 Å². The lowest BCUT2D eigenvalue weighted by Gasteiger charge is -2.17. The van der Waals surface area contributed by atoms with Gasteiger partial charge in [-0.3, -0.25) is 18.2 Å². The third-order valence-electron chi connectivity index (χ3n) is 9.48.